The van der Waals surface area contributed by atoms with E-state index in [-0.39, 0.29) is 5.97 Å². The third-order valence-electron chi connectivity index (χ3n) is 3.68. The van der Waals surface area contributed by atoms with E-state index in [0.29, 0.717) is 19.1 Å². The zero-order valence-electron chi connectivity index (χ0n) is 9.58. The highest BCUT2D eigenvalue weighted by molar-refractivity contribution is 5.70. The average molecular weight is 211 g/mol. The summed E-state index contributed by atoms with van der Waals surface area (Å²) in [7, 11) is 0. The summed E-state index contributed by atoms with van der Waals surface area (Å²) in [5, 5.41) is 0. The van der Waals surface area contributed by atoms with Gasteiger partial charge in [0.1, 0.15) is 0 Å². The van der Waals surface area contributed by atoms with Crippen molar-refractivity contribution >= 4 is 5.97 Å². The molecule has 0 saturated carbocycles. The summed E-state index contributed by atoms with van der Waals surface area (Å²) in [6.45, 7) is 4.77. The second kappa shape index (κ2) is 4.97. The predicted molar refractivity (Wildman–Crippen MR) is 58.6 cm³/mol. The highest BCUT2D eigenvalue weighted by atomic mass is 16.5. The van der Waals surface area contributed by atoms with Gasteiger partial charge in [0.05, 0.1) is 13.0 Å². The van der Waals surface area contributed by atoms with E-state index in [1.54, 1.807) is 0 Å². The molecule has 0 spiro atoms. The number of esters is 1. The summed E-state index contributed by atoms with van der Waals surface area (Å²) in [6, 6.07) is 0.459. The number of hydrogen-bond acceptors (Lipinski definition) is 3. The van der Waals surface area contributed by atoms with Gasteiger partial charge >= 0.3 is 5.97 Å². The summed E-state index contributed by atoms with van der Waals surface area (Å²) in [5.74, 6) is 0.878. The molecular weight excluding hydrogens is 190 g/mol. The molecule has 2 saturated heterocycles. The molecule has 0 radical (unpaired) electrons. The average Bonchev–Trinajstić information content (AvgIpc) is 2.23. The van der Waals surface area contributed by atoms with Crippen LogP contribution in [0.3, 0.4) is 0 Å². The maximum Gasteiger partial charge on any atom is 0.307 e. The number of carbonyl (C=O) groups is 1. The SMILES string of the molecule is CCOC(=O)CC1CCC2CCCN1C2. The molecule has 2 aliphatic rings. The molecule has 0 aromatic carbocycles. The van der Waals surface area contributed by atoms with E-state index in [1.165, 1.54) is 38.8 Å². The summed E-state index contributed by atoms with van der Waals surface area (Å²) < 4.78 is 5.02. The van der Waals surface area contributed by atoms with Gasteiger partial charge in [0, 0.05) is 12.6 Å². The molecule has 0 N–H and O–H groups in total. The van der Waals surface area contributed by atoms with Crippen LogP contribution in [-0.2, 0) is 9.53 Å². The van der Waals surface area contributed by atoms with E-state index < -0.39 is 0 Å². The summed E-state index contributed by atoms with van der Waals surface area (Å²) >= 11 is 0. The van der Waals surface area contributed by atoms with Crippen molar-refractivity contribution in [2.75, 3.05) is 19.7 Å². The highest BCUT2D eigenvalue weighted by Crippen LogP contribution is 2.31. The first-order valence-electron chi connectivity index (χ1n) is 6.19. The van der Waals surface area contributed by atoms with Gasteiger partial charge in [-0.15, -0.1) is 0 Å². The van der Waals surface area contributed by atoms with Crippen LogP contribution in [0, 0.1) is 5.92 Å². The van der Waals surface area contributed by atoms with Crippen LogP contribution in [0.25, 0.3) is 0 Å². The second-order valence-electron chi connectivity index (χ2n) is 4.74. The van der Waals surface area contributed by atoms with Gasteiger partial charge in [-0.3, -0.25) is 9.69 Å². The molecule has 2 fully saturated rings. The fraction of sp³-hybridized carbons (Fsp3) is 0.917. The van der Waals surface area contributed by atoms with Gasteiger partial charge in [-0.05, 0) is 45.1 Å². The third-order valence-corrected chi connectivity index (χ3v) is 3.68. The molecule has 86 valence electrons. The van der Waals surface area contributed by atoms with E-state index in [4.69, 9.17) is 4.74 Å². The number of piperidine rings is 2. The second-order valence-corrected chi connectivity index (χ2v) is 4.74. The van der Waals surface area contributed by atoms with Crippen molar-refractivity contribution in [3.05, 3.63) is 0 Å². The fourth-order valence-electron chi connectivity index (χ4n) is 2.92. The third kappa shape index (κ3) is 2.71. The van der Waals surface area contributed by atoms with Gasteiger partial charge in [-0.2, -0.15) is 0 Å². The summed E-state index contributed by atoms with van der Waals surface area (Å²) in [5.41, 5.74) is 0. The minimum Gasteiger partial charge on any atom is -0.466 e. The Morgan fingerprint density at radius 3 is 3.07 bits per heavy atom. The van der Waals surface area contributed by atoms with Crippen molar-refractivity contribution in [2.24, 2.45) is 5.92 Å². The van der Waals surface area contributed by atoms with Gasteiger partial charge in [0.25, 0.3) is 0 Å². The Morgan fingerprint density at radius 2 is 2.27 bits per heavy atom. The minimum atomic E-state index is -0.0217. The topological polar surface area (TPSA) is 29.5 Å². The number of fused-ring (bicyclic) bond motifs is 2. The largest absolute Gasteiger partial charge is 0.466 e. The molecule has 3 atom stereocenters. The number of carbonyl (C=O) groups excluding carboxylic acids is 1. The Labute approximate surface area is 91.8 Å². The van der Waals surface area contributed by atoms with Crippen LogP contribution in [0.1, 0.15) is 39.0 Å². The monoisotopic (exact) mass is 211 g/mol. The standard InChI is InChI=1S/C12H21NO2/c1-2-15-12(14)8-11-6-5-10-4-3-7-13(11)9-10/h10-11H,2-9H2,1H3. The number of ether oxygens (including phenoxy) is 1. The van der Waals surface area contributed by atoms with Crippen LogP contribution in [0.4, 0.5) is 0 Å². The Kier molecular flexibility index (Phi) is 3.62. The Bertz CT molecular complexity index is 230. The summed E-state index contributed by atoms with van der Waals surface area (Å²) in [4.78, 5) is 13.9. The van der Waals surface area contributed by atoms with Crippen molar-refractivity contribution in [3.8, 4) is 0 Å². The minimum absolute atomic E-state index is 0.0217. The van der Waals surface area contributed by atoms with Crippen molar-refractivity contribution in [1.82, 2.24) is 4.90 Å². The lowest BCUT2D eigenvalue weighted by Gasteiger charge is -2.43. The molecule has 0 aromatic heterocycles. The van der Waals surface area contributed by atoms with Crippen molar-refractivity contribution in [2.45, 2.75) is 45.1 Å². The molecule has 15 heavy (non-hydrogen) atoms. The number of rotatable bonds is 3. The van der Waals surface area contributed by atoms with Gasteiger partial charge in [0.15, 0.2) is 0 Å². The van der Waals surface area contributed by atoms with E-state index in [1.807, 2.05) is 6.92 Å². The molecule has 2 heterocycles. The molecule has 3 nitrogen and oxygen atoms in total. The van der Waals surface area contributed by atoms with Crippen LogP contribution in [-0.4, -0.2) is 36.6 Å². The lowest BCUT2D eigenvalue weighted by Crippen LogP contribution is -2.47. The predicted octanol–water partition coefficient (Wildman–Crippen LogP) is 1.81. The molecule has 3 unspecified atom stereocenters. The zero-order valence-corrected chi connectivity index (χ0v) is 9.58. The molecule has 2 aliphatic heterocycles. The number of hydrogen-bond donors (Lipinski definition) is 0. The summed E-state index contributed by atoms with van der Waals surface area (Å²) in [6.07, 6.45) is 5.79. The van der Waals surface area contributed by atoms with Crippen LogP contribution in [0.5, 0.6) is 0 Å². The lowest BCUT2D eigenvalue weighted by molar-refractivity contribution is -0.145. The lowest BCUT2D eigenvalue weighted by atomic mass is 9.85. The highest BCUT2D eigenvalue weighted by Gasteiger charge is 2.32. The van der Waals surface area contributed by atoms with Gasteiger partial charge < -0.3 is 4.74 Å². The van der Waals surface area contributed by atoms with Crippen LogP contribution in [0.2, 0.25) is 0 Å². The van der Waals surface area contributed by atoms with E-state index in [2.05, 4.69) is 4.90 Å². The van der Waals surface area contributed by atoms with E-state index in [0.717, 1.165) is 5.92 Å². The first kappa shape index (κ1) is 10.9. The maximum atomic E-state index is 11.4. The first-order valence-corrected chi connectivity index (χ1v) is 6.19. The van der Waals surface area contributed by atoms with E-state index >= 15 is 0 Å². The maximum absolute atomic E-state index is 11.4. The van der Waals surface area contributed by atoms with Gasteiger partial charge in [-0.25, -0.2) is 0 Å². The molecule has 2 bridgehead atoms. The van der Waals surface area contributed by atoms with Gasteiger partial charge in [-0.1, -0.05) is 0 Å². The van der Waals surface area contributed by atoms with E-state index in [9.17, 15) is 4.79 Å². The Morgan fingerprint density at radius 1 is 1.40 bits per heavy atom. The molecule has 0 aliphatic carbocycles. The molecule has 3 heteroatoms. The molecular formula is C12H21NO2. The van der Waals surface area contributed by atoms with Crippen LogP contribution < -0.4 is 0 Å². The van der Waals surface area contributed by atoms with Crippen molar-refractivity contribution in [3.63, 3.8) is 0 Å². The van der Waals surface area contributed by atoms with Gasteiger partial charge in [0.2, 0.25) is 0 Å². The fourth-order valence-corrected chi connectivity index (χ4v) is 2.92. The smallest absolute Gasteiger partial charge is 0.307 e. The Hall–Kier alpha value is -0.570. The zero-order chi connectivity index (χ0) is 10.7. The first-order chi connectivity index (χ1) is 7.29. The number of nitrogens with zero attached hydrogens (tertiary/aromatic N) is 1. The van der Waals surface area contributed by atoms with Crippen molar-refractivity contribution in [1.29, 1.82) is 0 Å². The quantitative estimate of drug-likeness (QED) is 0.667. The van der Waals surface area contributed by atoms with Crippen molar-refractivity contribution < 1.29 is 9.53 Å². The molecule has 0 aromatic rings. The normalized spacial score (nSPS) is 34.9. The van der Waals surface area contributed by atoms with Crippen LogP contribution in [0.15, 0.2) is 0 Å². The molecule has 0 amide bonds. The Balaban J connectivity index is 1.84. The molecule has 2 rings (SSSR count). The van der Waals surface area contributed by atoms with Crippen LogP contribution >= 0.6 is 0 Å².